The van der Waals surface area contributed by atoms with Gasteiger partial charge in [-0.3, -0.25) is 4.79 Å². The number of hydrogen-bond donors (Lipinski definition) is 1. The maximum absolute atomic E-state index is 10.8. The van der Waals surface area contributed by atoms with E-state index < -0.39 is 0 Å². The van der Waals surface area contributed by atoms with Gasteiger partial charge in [0.25, 0.3) is 0 Å². The van der Waals surface area contributed by atoms with Gasteiger partial charge in [0.05, 0.1) is 5.69 Å². The van der Waals surface area contributed by atoms with Crippen LogP contribution >= 0.6 is 0 Å². The lowest BCUT2D eigenvalue weighted by Gasteiger charge is -2.33. The smallest absolute Gasteiger partial charge is 0.220 e. The van der Waals surface area contributed by atoms with E-state index in [1.165, 1.54) is 0 Å². The summed E-state index contributed by atoms with van der Waals surface area (Å²) in [6.07, 6.45) is 4.22. The van der Waals surface area contributed by atoms with E-state index >= 15 is 0 Å². The zero-order valence-electron chi connectivity index (χ0n) is 12.6. The number of amides is 1. The van der Waals surface area contributed by atoms with Crippen molar-refractivity contribution in [3.8, 4) is 5.75 Å². The van der Waals surface area contributed by atoms with Crippen molar-refractivity contribution in [2.75, 3.05) is 36.8 Å². The van der Waals surface area contributed by atoms with Crippen molar-refractivity contribution in [2.45, 2.75) is 6.61 Å². The second-order valence-corrected chi connectivity index (χ2v) is 5.15. The Hall–Kier alpha value is -2.90. The lowest BCUT2D eigenvalue weighted by molar-refractivity contribution is -0.118. The van der Waals surface area contributed by atoms with E-state index in [9.17, 15) is 4.79 Å². The minimum atomic E-state index is 0.225. The van der Waals surface area contributed by atoms with Crippen molar-refractivity contribution in [1.82, 2.24) is 19.9 Å². The van der Waals surface area contributed by atoms with Crippen molar-refractivity contribution >= 4 is 18.2 Å². The van der Waals surface area contributed by atoms with Gasteiger partial charge >= 0.3 is 0 Å². The lowest BCUT2D eigenvalue weighted by atomic mass is 10.3. The molecule has 3 heterocycles. The van der Waals surface area contributed by atoms with Crippen LogP contribution in [0.25, 0.3) is 0 Å². The third-order valence-electron chi connectivity index (χ3n) is 3.62. The van der Waals surface area contributed by atoms with Crippen LogP contribution in [0.3, 0.4) is 0 Å². The third kappa shape index (κ3) is 3.65. The molecule has 0 aliphatic carbocycles. The van der Waals surface area contributed by atoms with Gasteiger partial charge in [-0.25, -0.2) is 15.0 Å². The quantitative estimate of drug-likeness (QED) is 0.793. The molecule has 0 aromatic carbocycles. The summed E-state index contributed by atoms with van der Waals surface area (Å²) >= 11 is 0. The molecule has 1 fully saturated rings. The van der Waals surface area contributed by atoms with Crippen LogP contribution < -0.4 is 15.4 Å². The first-order valence-corrected chi connectivity index (χ1v) is 7.36. The predicted octanol–water partition coefficient (Wildman–Crippen LogP) is 0.311. The average molecular weight is 314 g/mol. The summed E-state index contributed by atoms with van der Waals surface area (Å²) < 4.78 is 5.85. The highest BCUT2D eigenvalue weighted by molar-refractivity contribution is 5.54. The Labute approximate surface area is 133 Å². The highest BCUT2D eigenvalue weighted by atomic mass is 16.5. The van der Waals surface area contributed by atoms with Gasteiger partial charge in [0.1, 0.15) is 6.61 Å². The predicted molar refractivity (Wildman–Crippen MR) is 84.9 cm³/mol. The Balaban J connectivity index is 1.69. The number of nitrogens with two attached hydrogens (primary N) is 1. The van der Waals surface area contributed by atoms with Crippen molar-refractivity contribution in [3.05, 3.63) is 36.3 Å². The summed E-state index contributed by atoms with van der Waals surface area (Å²) in [5.74, 6) is 1.69. The number of carbonyl (C=O) groups is 1. The molecule has 2 aromatic rings. The first kappa shape index (κ1) is 15.0. The largest absolute Gasteiger partial charge is 0.483 e. The number of rotatable bonds is 5. The van der Waals surface area contributed by atoms with Gasteiger partial charge in [-0.15, -0.1) is 0 Å². The van der Waals surface area contributed by atoms with Gasteiger partial charge in [0.15, 0.2) is 11.6 Å². The molecule has 0 unspecified atom stereocenters. The molecule has 120 valence electrons. The van der Waals surface area contributed by atoms with E-state index in [0.29, 0.717) is 31.1 Å². The Morgan fingerprint density at radius 3 is 2.74 bits per heavy atom. The number of piperazine rings is 1. The molecule has 8 nitrogen and oxygen atoms in total. The van der Waals surface area contributed by atoms with Crippen LogP contribution in [-0.2, 0) is 11.4 Å². The maximum atomic E-state index is 10.8. The van der Waals surface area contributed by atoms with E-state index in [-0.39, 0.29) is 5.95 Å². The fourth-order valence-electron chi connectivity index (χ4n) is 2.42. The number of pyridine rings is 1. The zero-order chi connectivity index (χ0) is 16.1. The molecule has 2 aromatic heterocycles. The van der Waals surface area contributed by atoms with E-state index in [1.807, 2.05) is 12.1 Å². The van der Waals surface area contributed by atoms with Crippen LogP contribution in [0, 0.1) is 0 Å². The summed E-state index contributed by atoms with van der Waals surface area (Å²) in [4.78, 5) is 27.1. The van der Waals surface area contributed by atoms with Crippen molar-refractivity contribution in [3.63, 3.8) is 0 Å². The molecule has 3 rings (SSSR count). The molecule has 8 heteroatoms. The minimum absolute atomic E-state index is 0.225. The van der Waals surface area contributed by atoms with Crippen LogP contribution in [0.5, 0.6) is 5.75 Å². The van der Waals surface area contributed by atoms with E-state index in [2.05, 4.69) is 19.9 Å². The highest BCUT2D eigenvalue weighted by Gasteiger charge is 2.19. The summed E-state index contributed by atoms with van der Waals surface area (Å²) in [5, 5.41) is 0. The van der Waals surface area contributed by atoms with Crippen molar-refractivity contribution in [2.24, 2.45) is 0 Å². The number of nitrogens with zero attached hydrogens (tertiary/aromatic N) is 5. The summed E-state index contributed by atoms with van der Waals surface area (Å²) in [5.41, 5.74) is 6.28. The number of hydrogen-bond acceptors (Lipinski definition) is 7. The Morgan fingerprint density at radius 1 is 1.17 bits per heavy atom. The Bertz CT molecular complexity index is 673. The summed E-state index contributed by atoms with van der Waals surface area (Å²) in [6, 6.07) is 5.46. The topological polar surface area (TPSA) is 97.5 Å². The van der Waals surface area contributed by atoms with E-state index in [0.717, 1.165) is 25.3 Å². The van der Waals surface area contributed by atoms with Gasteiger partial charge in [-0.1, -0.05) is 0 Å². The monoisotopic (exact) mass is 314 g/mol. The fraction of sp³-hybridized carbons (Fsp3) is 0.333. The third-order valence-corrected chi connectivity index (χ3v) is 3.62. The number of ether oxygens (including phenoxy) is 1. The van der Waals surface area contributed by atoms with E-state index in [4.69, 9.17) is 10.5 Å². The fourth-order valence-corrected chi connectivity index (χ4v) is 2.42. The maximum Gasteiger partial charge on any atom is 0.220 e. The molecule has 1 aliphatic rings. The molecule has 2 N–H and O–H groups in total. The SMILES string of the molecule is Nc1nccc(COc2cccnc2N2CCN(C=O)CC2)n1. The standard InChI is InChI=1S/C15H18N6O2/c16-15-18-5-3-12(19-15)10-23-13-2-1-4-17-14(13)21-8-6-20(11-22)7-9-21/h1-5,11H,6-10H2,(H2,16,18,19). The molecule has 0 saturated carbocycles. The highest BCUT2D eigenvalue weighted by Crippen LogP contribution is 2.26. The molecule has 1 aliphatic heterocycles. The molecular formula is C15H18N6O2. The van der Waals surface area contributed by atoms with Crippen LogP contribution in [0.2, 0.25) is 0 Å². The number of carbonyl (C=O) groups excluding carboxylic acids is 1. The molecular weight excluding hydrogens is 296 g/mol. The molecule has 1 amide bonds. The Kier molecular flexibility index (Phi) is 4.51. The normalized spacial score (nSPS) is 14.6. The first-order valence-electron chi connectivity index (χ1n) is 7.36. The zero-order valence-corrected chi connectivity index (χ0v) is 12.6. The molecule has 0 atom stereocenters. The Morgan fingerprint density at radius 2 is 2.00 bits per heavy atom. The molecule has 1 saturated heterocycles. The van der Waals surface area contributed by atoms with Gasteiger partial charge in [-0.2, -0.15) is 0 Å². The first-order chi connectivity index (χ1) is 11.3. The van der Waals surface area contributed by atoms with Crippen LogP contribution in [-0.4, -0.2) is 52.4 Å². The van der Waals surface area contributed by atoms with Gasteiger partial charge in [0, 0.05) is 38.6 Å². The molecule has 0 bridgehead atoms. The number of aromatic nitrogens is 3. The molecule has 0 radical (unpaired) electrons. The van der Waals surface area contributed by atoms with Crippen LogP contribution in [0.1, 0.15) is 5.69 Å². The molecule has 0 spiro atoms. The van der Waals surface area contributed by atoms with Gasteiger partial charge in [0.2, 0.25) is 12.4 Å². The van der Waals surface area contributed by atoms with Crippen LogP contribution in [0.15, 0.2) is 30.6 Å². The summed E-state index contributed by atoms with van der Waals surface area (Å²) in [7, 11) is 0. The van der Waals surface area contributed by atoms with Crippen LogP contribution in [0.4, 0.5) is 11.8 Å². The van der Waals surface area contributed by atoms with Crippen molar-refractivity contribution in [1.29, 1.82) is 0 Å². The minimum Gasteiger partial charge on any atom is -0.483 e. The summed E-state index contributed by atoms with van der Waals surface area (Å²) in [6.45, 7) is 3.11. The van der Waals surface area contributed by atoms with E-state index in [1.54, 1.807) is 23.4 Å². The van der Waals surface area contributed by atoms with Gasteiger partial charge < -0.3 is 20.3 Å². The average Bonchev–Trinajstić information content (AvgIpc) is 2.60. The number of nitrogen functional groups attached to an aromatic ring is 1. The second-order valence-electron chi connectivity index (χ2n) is 5.15. The van der Waals surface area contributed by atoms with Gasteiger partial charge in [-0.05, 0) is 18.2 Å². The second kappa shape index (κ2) is 6.91. The molecule has 23 heavy (non-hydrogen) atoms. The number of anilines is 2. The lowest BCUT2D eigenvalue weighted by Crippen LogP contribution is -2.46. The van der Waals surface area contributed by atoms with Crippen molar-refractivity contribution < 1.29 is 9.53 Å².